The highest BCUT2D eigenvalue weighted by Gasteiger charge is 2.13. The van der Waals surface area contributed by atoms with Crippen LogP contribution >= 0.6 is 11.3 Å². The van der Waals surface area contributed by atoms with Gasteiger partial charge in [0, 0.05) is 17.8 Å². The Bertz CT molecular complexity index is 716. The molecule has 8 heteroatoms. The van der Waals surface area contributed by atoms with Crippen LogP contribution in [0.25, 0.3) is 0 Å². The number of thiazole rings is 1. The molecule has 0 saturated carbocycles. The molecule has 2 amide bonds. The minimum absolute atomic E-state index is 0.158. The van der Waals surface area contributed by atoms with E-state index in [4.69, 9.17) is 15.2 Å². The third kappa shape index (κ3) is 5.80. The number of nitrogens with zero attached hydrogens (tertiary/aromatic N) is 1. The standard InChI is InChI=1S/C18H26N4O3S/c1-4-9-24-15-10-13(22-18(23)21-12(5-2)6-3)7-8-14(15)25-16-11-20-17(19)26-16/h7-8,10-12H,4-6,9H2,1-3H3,(H2,19,20)(H2,21,22,23). The Balaban J connectivity index is 2.12. The van der Waals surface area contributed by atoms with Crippen LogP contribution in [0.1, 0.15) is 40.0 Å². The van der Waals surface area contributed by atoms with Crippen LogP contribution in [0, 0.1) is 0 Å². The zero-order valence-electron chi connectivity index (χ0n) is 15.4. The van der Waals surface area contributed by atoms with Crippen molar-refractivity contribution in [3.63, 3.8) is 0 Å². The number of hydrogen-bond acceptors (Lipinski definition) is 6. The summed E-state index contributed by atoms with van der Waals surface area (Å²) in [4.78, 5) is 16.1. The van der Waals surface area contributed by atoms with Gasteiger partial charge in [-0.3, -0.25) is 0 Å². The maximum atomic E-state index is 12.1. The van der Waals surface area contributed by atoms with Gasteiger partial charge in [-0.05, 0) is 31.4 Å². The smallest absolute Gasteiger partial charge is 0.319 e. The van der Waals surface area contributed by atoms with Crippen LogP contribution < -0.4 is 25.8 Å². The van der Waals surface area contributed by atoms with Gasteiger partial charge < -0.3 is 25.8 Å². The van der Waals surface area contributed by atoms with Crippen LogP contribution in [0.4, 0.5) is 15.6 Å². The number of hydrogen-bond donors (Lipinski definition) is 3. The number of benzene rings is 1. The molecule has 0 radical (unpaired) electrons. The van der Waals surface area contributed by atoms with Crippen LogP contribution in [0.3, 0.4) is 0 Å². The number of urea groups is 1. The largest absolute Gasteiger partial charge is 0.490 e. The predicted molar refractivity (Wildman–Crippen MR) is 105 cm³/mol. The molecule has 4 N–H and O–H groups in total. The maximum absolute atomic E-state index is 12.1. The number of ether oxygens (including phenoxy) is 2. The molecule has 0 fully saturated rings. The van der Waals surface area contributed by atoms with E-state index in [0.717, 1.165) is 19.3 Å². The van der Waals surface area contributed by atoms with E-state index >= 15 is 0 Å². The average Bonchev–Trinajstić information content (AvgIpc) is 3.04. The number of amides is 2. The van der Waals surface area contributed by atoms with Gasteiger partial charge in [0.1, 0.15) is 0 Å². The molecular weight excluding hydrogens is 352 g/mol. The summed E-state index contributed by atoms with van der Waals surface area (Å²) in [5.74, 6) is 1.10. The molecule has 26 heavy (non-hydrogen) atoms. The van der Waals surface area contributed by atoms with E-state index in [0.29, 0.717) is 34.0 Å². The molecule has 0 atom stereocenters. The number of nitrogens with two attached hydrogens (primary N) is 1. The molecule has 1 aromatic heterocycles. The quantitative estimate of drug-likeness (QED) is 0.591. The maximum Gasteiger partial charge on any atom is 0.319 e. The number of nitrogens with one attached hydrogen (secondary N) is 2. The van der Waals surface area contributed by atoms with Crippen molar-refractivity contribution in [1.29, 1.82) is 0 Å². The molecule has 2 aromatic rings. The van der Waals surface area contributed by atoms with Gasteiger partial charge in [0.2, 0.25) is 5.06 Å². The van der Waals surface area contributed by atoms with Crippen molar-refractivity contribution in [1.82, 2.24) is 10.3 Å². The summed E-state index contributed by atoms with van der Waals surface area (Å²) in [6, 6.07) is 5.20. The fourth-order valence-corrected chi connectivity index (χ4v) is 2.82. The Morgan fingerprint density at radius 1 is 1.27 bits per heavy atom. The third-order valence-electron chi connectivity index (χ3n) is 3.70. The van der Waals surface area contributed by atoms with Crippen LogP contribution in [-0.2, 0) is 0 Å². The summed E-state index contributed by atoms with van der Waals surface area (Å²) in [5, 5.41) is 6.80. The Morgan fingerprint density at radius 2 is 2.04 bits per heavy atom. The Labute approximate surface area is 157 Å². The van der Waals surface area contributed by atoms with Crippen molar-refractivity contribution < 1.29 is 14.3 Å². The summed E-state index contributed by atoms with van der Waals surface area (Å²) in [7, 11) is 0. The van der Waals surface area contributed by atoms with Gasteiger partial charge in [-0.15, -0.1) is 0 Å². The first-order valence-electron chi connectivity index (χ1n) is 8.79. The van der Waals surface area contributed by atoms with E-state index in [1.807, 2.05) is 20.8 Å². The van der Waals surface area contributed by atoms with Crippen molar-refractivity contribution >= 4 is 28.2 Å². The van der Waals surface area contributed by atoms with Crippen molar-refractivity contribution in [3.05, 3.63) is 24.4 Å². The van der Waals surface area contributed by atoms with Gasteiger partial charge in [0.25, 0.3) is 0 Å². The van der Waals surface area contributed by atoms with Crippen molar-refractivity contribution in [3.8, 4) is 16.6 Å². The molecule has 0 spiro atoms. The lowest BCUT2D eigenvalue weighted by Gasteiger charge is -2.16. The lowest BCUT2D eigenvalue weighted by molar-refractivity contribution is 0.247. The Morgan fingerprint density at radius 3 is 2.65 bits per heavy atom. The minimum atomic E-state index is -0.232. The summed E-state index contributed by atoms with van der Waals surface area (Å²) in [6.07, 6.45) is 4.21. The molecule has 1 heterocycles. The number of anilines is 2. The van der Waals surface area contributed by atoms with Gasteiger partial charge in [-0.2, -0.15) is 0 Å². The first-order valence-corrected chi connectivity index (χ1v) is 9.60. The summed E-state index contributed by atoms with van der Waals surface area (Å²) >= 11 is 1.25. The van der Waals surface area contributed by atoms with Crippen molar-refractivity contribution in [2.45, 2.75) is 46.1 Å². The van der Waals surface area contributed by atoms with Crippen LogP contribution in [-0.4, -0.2) is 23.7 Å². The number of aromatic nitrogens is 1. The molecule has 0 aliphatic rings. The second-order valence-electron chi connectivity index (χ2n) is 5.74. The van der Waals surface area contributed by atoms with Crippen LogP contribution in [0.15, 0.2) is 24.4 Å². The lowest BCUT2D eigenvalue weighted by Crippen LogP contribution is -2.37. The Hall–Kier alpha value is -2.48. The molecule has 1 aromatic carbocycles. The predicted octanol–water partition coefficient (Wildman–Crippen LogP) is 4.62. The van der Waals surface area contributed by atoms with Gasteiger partial charge in [-0.25, -0.2) is 9.78 Å². The molecule has 142 valence electrons. The van der Waals surface area contributed by atoms with Crippen LogP contribution in [0.2, 0.25) is 0 Å². The van der Waals surface area contributed by atoms with Gasteiger partial charge in [0.05, 0.1) is 12.8 Å². The number of nitrogen functional groups attached to an aromatic ring is 1. The molecule has 0 unspecified atom stereocenters. The molecule has 2 rings (SSSR count). The highest BCUT2D eigenvalue weighted by molar-refractivity contribution is 7.17. The zero-order chi connectivity index (χ0) is 18.9. The molecule has 0 saturated heterocycles. The topological polar surface area (TPSA) is 98.5 Å². The summed E-state index contributed by atoms with van der Waals surface area (Å²) in [6.45, 7) is 6.66. The second kappa shape index (κ2) is 9.86. The monoisotopic (exact) mass is 378 g/mol. The summed E-state index contributed by atoms with van der Waals surface area (Å²) in [5.41, 5.74) is 6.27. The van der Waals surface area contributed by atoms with E-state index < -0.39 is 0 Å². The third-order valence-corrected chi connectivity index (χ3v) is 4.40. The Kier molecular flexibility index (Phi) is 7.53. The zero-order valence-corrected chi connectivity index (χ0v) is 16.2. The van der Waals surface area contributed by atoms with Gasteiger partial charge in [0.15, 0.2) is 16.6 Å². The molecule has 0 bridgehead atoms. The normalized spacial score (nSPS) is 10.6. The molecule has 0 aliphatic carbocycles. The molecule has 7 nitrogen and oxygen atoms in total. The molecule has 0 aliphatic heterocycles. The highest BCUT2D eigenvalue weighted by Crippen LogP contribution is 2.36. The first kappa shape index (κ1) is 19.8. The SMILES string of the molecule is CCCOc1cc(NC(=O)NC(CC)CC)ccc1Oc1cnc(N)s1. The van der Waals surface area contributed by atoms with E-state index in [9.17, 15) is 4.79 Å². The van der Waals surface area contributed by atoms with E-state index in [1.165, 1.54) is 11.3 Å². The van der Waals surface area contributed by atoms with Gasteiger partial charge in [-0.1, -0.05) is 32.1 Å². The second-order valence-corrected chi connectivity index (χ2v) is 6.77. The van der Waals surface area contributed by atoms with Crippen LogP contribution in [0.5, 0.6) is 16.6 Å². The highest BCUT2D eigenvalue weighted by atomic mass is 32.1. The van der Waals surface area contributed by atoms with Crippen molar-refractivity contribution in [2.24, 2.45) is 0 Å². The fourth-order valence-electron chi connectivity index (χ4n) is 2.27. The minimum Gasteiger partial charge on any atom is -0.490 e. The number of carbonyl (C=O) groups is 1. The van der Waals surface area contributed by atoms with E-state index in [1.54, 1.807) is 24.4 Å². The van der Waals surface area contributed by atoms with Crippen molar-refractivity contribution in [2.75, 3.05) is 17.7 Å². The van der Waals surface area contributed by atoms with E-state index in [-0.39, 0.29) is 12.1 Å². The van der Waals surface area contributed by atoms with Gasteiger partial charge >= 0.3 is 6.03 Å². The fraction of sp³-hybridized carbons (Fsp3) is 0.444. The molecular formula is C18H26N4O3S. The number of carbonyl (C=O) groups excluding carboxylic acids is 1. The van der Waals surface area contributed by atoms with E-state index in [2.05, 4.69) is 15.6 Å². The number of rotatable bonds is 9. The first-order chi connectivity index (χ1) is 12.5. The lowest BCUT2D eigenvalue weighted by atomic mass is 10.2. The summed E-state index contributed by atoms with van der Waals surface area (Å²) < 4.78 is 11.6. The average molecular weight is 378 g/mol.